The van der Waals surface area contributed by atoms with Crippen LogP contribution in [-0.4, -0.2) is 40.6 Å². The Morgan fingerprint density at radius 3 is 2.62 bits per heavy atom. The van der Waals surface area contributed by atoms with Gasteiger partial charge in [0.05, 0.1) is 0 Å². The fraction of sp³-hybridized carbons (Fsp3) is 0. The molecule has 1 aromatic rings. The van der Waals surface area contributed by atoms with E-state index >= 15 is 0 Å². The average molecular weight is 394 g/mol. The van der Waals surface area contributed by atoms with Gasteiger partial charge in [-0.1, -0.05) is 0 Å². The summed E-state index contributed by atoms with van der Waals surface area (Å²) in [5.74, 6) is -0.516. The molecule has 0 radical (unpaired) electrons. The van der Waals surface area contributed by atoms with E-state index in [4.69, 9.17) is 9.29 Å². The van der Waals surface area contributed by atoms with Crippen molar-refractivity contribution < 1.29 is 38.7 Å². The first-order valence-corrected chi connectivity index (χ1v) is 10.8. The van der Waals surface area contributed by atoms with Crippen molar-refractivity contribution in [2.75, 3.05) is 0 Å². The van der Waals surface area contributed by atoms with E-state index < -0.39 is 5.97 Å². The normalized spacial score (nSPS) is 8.77. The molecule has 0 aliphatic heterocycles. The van der Waals surface area contributed by atoms with E-state index in [0.29, 0.717) is 30.4 Å². The maximum atomic E-state index is 10.6. The molecule has 1 aromatic carbocycles. The van der Waals surface area contributed by atoms with Gasteiger partial charge in [-0.3, -0.25) is 0 Å². The Hall–Kier alpha value is 0.775. The predicted octanol–water partition coefficient (Wildman–Crippen LogP) is 1.23. The van der Waals surface area contributed by atoms with E-state index in [2.05, 4.69) is 0 Å². The average Bonchev–Trinajstić information content (AvgIpc) is 2.05. The fourth-order valence-electron chi connectivity index (χ4n) is 0.779. The van der Waals surface area contributed by atoms with Crippen molar-refractivity contribution in [2.45, 2.75) is 0 Å². The molecule has 0 heterocycles. The van der Waals surface area contributed by atoms with Gasteiger partial charge in [-0.25, -0.2) is 0 Å². The van der Waals surface area contributed by atoms with E-state index in [1.807, 2.05) is 0 Å². The molecule has 0 saturated heterocycles. The number of hydrogen-bond donors (Lipinski definition) is 1. The van der Waals surface area contributed by atoms with Gasteiger partial charge in [0, 0.05) is 0 Å². The van der Waals surface area contributed by atoms with Crippen LogP contribution in [0.5, 0.6) is 5.75 Å². The van der Waals surface area contributed by atoms with Gasteiger partial charge in [-0.05, 0) is 0 Å². The molecule has 0 aliphatic rings. The summed E-state index contributed by atoms with van der Waals surface area (Å²) in [5.41, 5.74) is 0.218. The third-order valence-electron chi connectivity index (χ3n) is 1.27. The molecule has 0 fully saturated rings. The number of benzene rings is 1. The van der Waals surface area contributed by atoms with Crippen molar-refractivity contribution in [1.29, 1.82) is 0 Å². The predicted molar refractivity (Wildman–Crippen MR) is 48.8 cm³/mol. The summed E-state index contributed by atoms with van der Waals surface area (Å²) < 4.78 is 5.12. The van der Waals surface area contributed by atoms with Crippen LogP contribution in [0.2, 0.25) is 0 Å². The van der Waals surface area contributed by atoms with Crippen LogP contribution in [0, 0.1) is 0 Å². The Balaban J connectivity index is 0.00000144. The SMILES string of the molecule is O=C(O)c1ccccc1O[S][Hg].[NaH]. The van der Waals surface area contributed by atoms with Crippen molar-refractivity contribution in [3.63, 3.8) is 0 Å². The Labute approximate surface area is 117 Å². The first kappa shape index (κ1) is 13.8. The van der Waals surface area contributed by atoms with Gasteiger partial charge in [-0.15, -0.1) is 0 Å². The number of para-hydroxylation sites is 1. The van der Waals surface area contributed by atoms with Crippen LogP contribution < -0.4 is 4.18 Å². The van der Waals surface area contributed by atoms with Crippen LogP contribution in [0.3, 0.4) is 0 Å². The van der Waals surface area contributed by atoms with Gasteiger partial charge >= 0.3 is 118 Å². The second-order valence-electron chi connectivity index (χ2n) is 2.00. The molecule has 0 aromatic heterocycles. The Kier molecular flexibility index (Phi) is 7.54. The summed E-state index contributed by atoms with van der Waals surface area (Å²) in [5, 5.41) is 8.72. The fourth-order valence-corrected chi connectivity index (χ4v) is 2.53. The molecule has 0 bridgehead atoms. The van der Waals surface area contributed by atoms with E-state index in [9.17, 15) is 4.79 Å². The Morgan fingerprint density at radius 2 is 2.08 bits per heavy atom. The molecule has 0 unspecified atom stereocenters. The zero-order valence-corrected chi connectivity index (χ0v) is 12.5. The zero-order valence-electron chi connectivity index (χ0n) is 6.19. The Bertz CT molecular complexity index is 295. The monoisotopic (exact) mass is 395 g/mol. The molecular formula is C7H6HgNaO3S. The van der Waals surface area contributed by atoms with Gasteiger partial charge in [0.15, 0.2) is 0 Å². The summed E-state index contributed by atoms with van der Waals surface area (Å²) in [6.45, 7) is 0. The quantitative estimate of drug-likeness (QED) is 0.620. The number of aromatic carboxylic acids is 1. The topological polar surface area (TPSA) is 46.5 Å². The summed E-state index contributed by atoms with van der Waals surface area (Å²) >= 11 is 0.453. The molecule has 1 rings (SSSR count). The van der Waals surface area contributed by atoms with Crippen LogP contribution in [0.4, 0.5) is 0 Å². The van der Waals surface area contributed by atoms with Crippen molar-refractivity contribution in [2.24, 2.45) is 0 Å². The van der Waals surface area contributed by atoms with E-state index in [1.165, 1.54) is 14.6 Å². The van der Waals surface area contributed by atoms with Gasteiger partial charge in [0.2, 0.25) is 0 Å². The maximum absolute atomic E-state index is 10.6. The van der Waals surface area contributed by atoms with Gasteiger partial charge < -0.3 is 0 Å². The van der Waals surface area contributed by atoms with Crippen molar-refractivity contribution in [1.82, 2.24) is 0 Å². The molecule has 1 N–H and O–H groups in total. The van der Waals surface area contributed by atoms with Crippen LogP contribution in [-0.2, 0) is 24.6 Å². The molecule has 0 atom stereocenters. The second kappa shape index (κ2) is 7.12. The van der Waals surface area contributed by atoms with Crippen LogP contribution in [0.25, 0.3) is 0 Å². The third kappa shape index (κ3) is 4.21. The first-order valence-electron chi connectivity index (χ1n) is 3.16. The molecule has 0 amide bonds. The summed E-state index contributed by atoms with van der Waals surface area (Å²) in [7, 11) is 1.32. The molecule has 61 valence electrons. The molecule has 3 nitrogen and oxygen atoms in total. The number of carboxylic acids is 1. The van der Waals surface area contributed by atoms with Crippen molar-refractivity contribution in [3.8, 4) is 5.75 Å². The summed E-state index contributed by atoms with van der Waals surface area (Å²) in [6.07, 6.45) is 0. The third-order valence-corrected chi connectivity index (χ3v) is 2.94. The molecule has 13 heavy (non-hydrogen) atoms. The van der Waals surface area contributed by atoms with Crippen LogP contribution >= 0.6 is 8.52 Å². The second-order valence-corrected chi connectivity index (χ2v) is 5.15. The van der Waals surface area contributed by atoms with E-state index in [1.54, 1.807) is 18.2 Å². The summed E-state index contributed by atoms with van der Waals surface area (Å²) in [4.78, 5) is 10.6. The number of carbonyl (C=O) groups is 1. The number of carboxylic acid groups (broad SMARTS) is 1. The minimum atomic E-state index is -0.951. The van der Waals surface area contributed by atoms with E-state index in [-0.39, 0.29) is 35.1 Å². The number of rotatable bonds is 3. The van der Waals surface area contributed by atoms with Gasteiger partial charge in [-0.2, -0.15) is 0 Å². The van der Waals surface area contributed by atoms with Gasteiger partial charge in [0.25, 0.3) is 0 Å². The van der Waals surface area contributed by atoms with Crippen LogP contribution in [0.1, 0.15) is 10.4 Å². The first-order chi connectivity index (χ1) is 5.75. The minimum absolute atomic E-state index is 0. The molecular weight excluding hydrogens is 388 g/mol. The van der Waals surface area contributed by atoms with Crippen molar-refractivity contribution >= 4 is 44.0 Å². The molecule has 0 spiro atoms. The summed E-state index contributed by atoms with van der Waals surface area (Å²) in [6, 6.07) is 6.62. The molecule has 0 aliphatic carbocycles. The van der Waals surface area contributed by atoms with Crippen molar-refractivity contribution in [3.05, 3.63) is 29.8 Å². The van der Waals surface area contributed by atoms with Gasteiger partial charge in [0.1, 0.15) is 0 Å². The van der Waals surface area contributed by atoms with E-state index in [0.717, 1.165) is 0 Å². The Morgan fingerprint density at radius 1 is 1.46 bits per heavy atom. The molecule has 0 saturated carbocycles. The molecule has 6 heteroatoms. The number of hydrogen-bond acceptors (Lipinski definition) is 3. The van der Waals surface area contributed by atoms with Crippen LogP contribution in [0.15, 0.2) is 24.3 Å². The standard InChI is InChI=1S/C7H6O3S.Hg.Na.H/c8-7(9)5-3-1-2-4-6(5)10-11;;;/h1-4,11H,(H,8,9);;;/q;+1;;/p-1. The zero-order chi connectivity index (χ0) is 8.97.